The van der Waals surface area contributed by atoms with Crippen molar-refractivity contribution in [3.63, 3.8) is 0 Å². The Morgan fingerprint density at radius 1 is 0.368 bits per heavy atom. The van der Waals surface area contributed by atoms with Gasteiger partial charge in [0.25, 0.3) is 0 Å². The van der Waals surface area contributed by atoms with Gasteiger partial charge in [-0.25, -0.2) is 0 Å². The van der Waals surface area contributed by atoms with E-state index in [2.05, 4.69) is 285 Å². The van der Waals surface area contributed by atoms with Gasteiger partial charge in [-0.3, -0.25) is 0 Å². The number of rotatable bonds is 8. The van der Waals surface area contributed by atoms with Crippen LogP contribution in [-0.4, -0.2) is 4.57 Å². The molecule has 10 aromatic rings. The Morgan fingerprint density at radius 2 is 0.855 bits per heavy atom. The summed E-state index contributed by atoms with van der Waals surface area (Å²) >= 11 is 0. The van der Waals surface area contributed by atoms with Gasteiger partial charge in [0.15, 0.2) is 0 Å². The zero-order valence-electron chi connectivity index (χ0n) is 45.8. The van der Waals surface area contributed by atoms with Gasteiger partial charge in [0.2, 0.25) is 0 Å². The molecular weight excluding hydrogens is 919 g/mol. The van der Waals surface area contributed by atoms with Crippen molar-refractivity contribution in [1.29, 1.82) is 0 Å². The third-order valence-corrected chi connectivity index (χ3v) is 18.6. The minimum Gasteiger partial charge on any atom is -0.310 e. The summed E-state index contributed by atoms with van der Waals surface area (Å²) < 4.78 is 2.65. The molecular formula is C73H65N3. The van der Waals surface area contributed by atoms with Crippen molar-refractivity contribution < 1.29 is 0 Å². The first kappa shape index (κ1) is 46.4. The van der Waals surface area contributed by atoms with E-state index in [1.807, 2.05) is 0 Å². The summed E-state index contributed by atoms with van der Waals surface area (Å²) in [4.78, 5) is 4.94. The van der Waals surface area contributed by atoms with Crippen LogP contribution in [0.15, 0.2) is 200 Å². The summed E-state index contributed by atoms with van der Waals surface area (Å²) in [6, 6.07) is 69.6. The molecule has 0 fully saturated rings. The van der Waals surface area contributed by atoms with Crippen LogP contribution in [0.3, 0.4) is 0 Å². The molecule has 3 heterocycles. The molecule has 0 unspecified atom stereocenters. The van der Waals surface area contributed by atoms with E-state index < -0.39 is 0 Å². The second-order valence-electron chi connectivity index (χ2n) is 24.3. The lowest BCUT2D eigenvalue weighted by molar-refractivity contribution is 0.594. The minimum absolute atomic E-state index is 0.105. The monoisotopic (exact) mass is 984 g/mol. The number of aromatic nitrogens is 1. The molecule has 9 aromatic carbocycles. The molecule has 1 aromatic heterocycles. The number of benzene rings is 9. The summed E-state index contributed by atoms with van der Waals surface area (Å²) in [5.74, 6) is 0. The molecule has 2 aliphatic carbocycles. The topological polar surface area (TPSA) is 11.4 Å². The molecule has 2 aliphatic heterocycles. The van der Waals surface area contributed by atoms with Gasteiger partial charge < -0.3 is 14.4 Å². The number of fused-ring (bicyclic) bond motifs is 5. The van der Waals surface area contributed by atoms with Crippen molar-refractivity contribution in [2.24, 2.45) is 0 Å². The van der Waals surface area contributed by atoms with Gasteiger partial charge in [-0.2, -0.15) is 0 Å². The Morgan fingerprint density at radius 3 is 1.51 bits per heavy atom. The predicted molar refractivity (Wildman–Crippen MR) is 323 cm³/mol. The maximum absolute atomic E-state index is 2.65. The molecule has 0 spiro atoms. The number of anilines is 6. The first-order valence-corrected chi connectivity index (χ1v) is 27.4. The average Bonchev–Trinajstić information content (AvgIpc) is 4.17. The molecule has 0 N–H and O–H groups in total. The van der Waals surface area contributed by atoms with E-state index >= 15 is 0 Å². The number of hydrogen-bond donors (Lipinski definition) is 0. The van der Waals surface area contributed by atoms with E-state index in [0.717, 1.165) is 34.1 Å². The summed E-state index contributed by atoms with van der Waals surface area (Å²) in [6.07, 6.45) is 4.46. The molecule has 372 valence electrons. The molecule has 3 nitrogen and oxygen atoms in total. The molecule has 14 rings (SSSR count). The van der Waals surface area contributed by atoms with Gasteiger partial charge >= 0.3 is 0 Å². The van der Waals surface area contributed by atoms with Crippen LogP contribution in [-0.2, 0) is 21.7 Å². The highest BCUT2D eigenvalue weighted by Gasteiger charge is 2.44. The molecule has 3 heteroatoms. The Kier molecular flexibility index (Phi) is 9.73. The average molecular weight is 984 g/mol. The summed E-state index contributed by atoms with van der Waals surface area (Å²) in [5.41, 5.74) is 30.2. The maximum atomic E-state index is 2.65. The van der Waals surface area contributed by atoms with Gasteiger partial charge in [-0.05, 0) is 178 Å². The number of aryl methyl sites for hydroxylation is 1. The largest absolute Gasteiger partial charge is 0.310 e. The number of allylic oxidation sites excluding steroid dienone is 4. The Labute approximate surface area is 449 Å². The van der Waals surface area contributed by atoms with Crippen LogP contribution in [0.2, 0.25) is 0 Å². The van der Waals surface area contributed by atoms with Gasteiger partial charge in [-0.1, -0.05) is 176 Å². The van der Waals surface area contributed by atoms with E-state index in [1.54, 1.807) is 0 Å². The maximum Gasteiger partial charge on any atom is 0.0583 e. The minimum atomic E-state index is -0.255. The lowest BCUT2D eigenvalue weighted by Crippen LogP contribution is -2.33. The summed E-state index contributed by atoms with van der Waals surface area (Å²) in [6.45, 7) is 25.9. The van der Waals surface area contributed by atoms with Crippen LogP contribution in [0.25, 0.3) is 55.3 Å². The fourth-order valence-corrected chi connectivity index (χ4v) is 14.2. The molecule has 4 aliphatic rings. The lowest BCUT2D eigenvalue weighted by atomic mass is 9.68. The van der Waals surface area contributed by atoms with E-state index in [0.29, 0.717) is 0 Å². The third-order valence-electron chi connectivity index (χ3n) is 18.6. The number of hydrogen-bond acceptors (Lipinski definition) is 2. The first-order chi connectivity index (χ1) is 36.5. The first-order valence-electron chi connectivity index (χ1n) is 27.4. The van der Waals surface area contributed by atoms with Crippen LogP contribution < -0.4 is 9.80 Å². The van der Waals surface area contributed by atoms with Crippen molar-refractivity contribution in [1.82, 2.24) is 4.57 Å². The Hall–Kier alpha value is -8.14. The normalized spacial score (nSPS) is 16.4. The van der Waals surface area contributed by atoms with Crippen molar-refractivity contribution in [3.05, 3.63) is 250 Å². The van der Waals surface area contributed by atoms with E-state index in [9.17, 15) is 0 Å². The molecule has 0 bridgehead atoms. The van der Waals surface area contributed by atoms with Gasteiger partial charge in [-0.15, -0.1) is 0 Å². The number of para-hydroxylation sites is 2. The van der Waals surface area contributed by atoms with Crippen molar-refractivity contribution in [2.75, 3.05) is 9.80 Å². The van der Waals surface area contributed by atoms with Gasteiger partial charge in [0.05, 0.1) is 16.7 Å². The number of nitrogens with zero attached hydrogens (tertiary/aromatic N) is 3. The fourth-order valence-electron chi connectivity index (χ4n) is 14.2. The Balaban J connectivity index is 0.967. The summed E-state index contributed by atoms with van der Waals surface area (Å²) in [5, 5.41) is 2.58. The second kappa shape index (κ2) is 15.9. The highest BCUT2D eigenvalue weighted by Crippen LogP contribution is 2.58. The van der Waals surface area contributed by atoms with Crippen LogP contribution in [0.1, 0.15) is 119 Å². The third kappa shape index (κ3) is 6.29. The quantitative estimate of drug-likeness (QED) is 0.150. The van der Waals surface area contributed by atoms with Crippen LogP contribution in [0.5, 0.6) is 0 Å². The van der Waals surface area contributed by atoms with Crippen molar-refractivity contribution >= 4 is 61.5 Å². The van der Waals surface area contributed by atoms with E-state index in [1.165, 1.54) is 111 Å². The van der Waals surface area contributed by atoms with E-state index in [-0.39, 0.29) is 21.7 Å². The molecule has 0 radical (unpaired) electrons. The second-order valence-corrected chi connectivity index (χ2v) is 24.3. The fraction of sp³-hybridized carbons (Fsp3) is 0.205. The highest BCUT2D eigenvalue weighted by atomic mass is 15.2. The molecule has 76 heavy (non-hydrogen) atoms. The van der Waals surface area contributed by atoms with Crippen LogP contribution in [0, 0.1) is 6.92 Å². The zero-order chi connectivity index (χ0) is 52.4. The van der Waals surface area contributed by atoms with Crippen LogP contribution in [0.4, 0.5) is 34.1 Å². The van der Waals surface area contributed by atoms with Gasteiger partial charge in [0.1, 0.15) is 0 Å². The zero-order valence-corrected chi connectivity index (χ0v) is 45.8. The molecule has 0 atom stereocenters. The highest BCUT2D eigenvalue weighted by molar-refractivity contribution is 6.16. The summed E-state index contributed by atoms with van der Waals surface area (Å²) in [7, 11) is 0. The van der Waals surface area contributed by atoms with Gasteiger partial charge in [0, 0.05) is 66.6 Å². The molecule has 0 saturated carbocycles. The predicted octanol–water partition coefficient (Wildman–Crippen LogP) is 19.9. The SMILES string of the molecule is C/C=C\C1=C(C)C(C)(C)c2cc(N(c3ccc(-c4cc5c6c(c4)c4cc(N(c7ccccc7)c7ccc(C)cc7)cc7c4n6-c4c(cccc4C7(C)C)C5(C)C)cc3)c3ccc4c(c3)C(C)(C)c3ccccc3-4)ccc21. The molecule has 0 saturated heterocycles. The van der Waals surface area contributed by atoms with Crippen molar-refractivity contribution in [3.8, 4) is 27.9 Å². The van der Waals surface area contributed by atoms with Crippen molar-refractivity contribution in [2.45, 2.75) is 97.8 Å². The standard InChI is InChI=1S/C73H65N3/c1-12-19-54-45(3)70(4,5)63-41-51(34-36-56(54)63)75(52-35-37-57-55-22-16-17-23-60(55)71(6,7)64(57)42-52)50-32-28-46(29-33-50)47-38-58-59-40-53(74(48-20-14-13-15-21-48)49-30-26-44(2)27-31-49)43-66-68(59)76-67(58)65(39-47)72(8,9)61-24-18-25-62(69(61)76)73(66,10)11/h12-43H,1-11H3/b19-12-. The van der Waals surface area contributed by atoms with Crippen LogP contribution >= 0.6 is 0 Å². The lowest BCUT2D eigenvalue weighted by Gasteiger charge is -2.42. The smallest absolute Gasteiger partial charge is 0.0583 e. The Bertz CT molecular complexity index is 4170. The van der Waals surface area contributed by atoms with E-state index in [4.69, 9.17) is 0 Å². The molecule has 0 amide bonds.